The molecule has 0 saturated heterocycles. The predicted molar refractivity (Wildman–Crippen MR) is 133 cm³/mol. The number of aliphatic hydroxyl groups excluding tert-OH is 1. The third kappa shape index (κ3) is 6.06. The summed E-state index contributed by atoms with van der Waals surface area (Å²) in [4.78, 5) is 17.6. The third-order valence-electron chi connectivity index (χ3n) is 5.59. The molecule has 37 heavy (non-hydrogen) atoms. The Morgan fingerprint density at radius 1 is 1.03 bits per heavy atom. The molecule has 2 heterocycles. The quantitative estimate of drug-likeness (QED) is 0.319. The van der Waals surface area contributed by atoms with Gasteiger partial charge in [0.25, 0.3) is 0 Å². The highest BCUT2D eigenvalue weighted by Gasteiger charge is 2.29. The van der Waals surface area contributed by atoms with Crippen molar-refractivity contribution < 1.29 is 18.3 Å². The summed E-state index contributed by atoms with van der Waals surface area (Å²) < 4.78 is 42.3. The number of nitrogens with zero attached hydrogens (tertiary/aromatic N) is 6. The van der Waals surface area contributed by atoms with Gasteiger partial charge in [-0.1, -0.05) is 49.2 Å². The number of hydrogen-bond acceptors (Lipinski definition) is 5. The summed E-state index contributed by atoms with van der Waals surface area (Å²) in [5.74, 6) is 0.179. The van der Waals surface area contributed by atoms with Crippen molar-refractivity contribution in [2.75, 3.05) is 0 Å². The van der Waals surface area contributed by atoms with Crippen LogP contribution < -0.4 is 5.69 Å². The van der Waals surface area contributed by atoms with E-state index in [4.69, 9.17) is 23.2 Å². The van der Waals surface area contributed by atoms with Crippen LogP contribution in [0.15, 0.2) is 53.3 Å². The summed E-state index contributed by atoms with van der Waals surface area (Å²) in [6.45, 7) is 2.76. The molecule has 196 valence electrons. The molecule has 0 spiro atoms. The number of benzene rings is 2. The highest BCUT2D eigenvalue weighted by Crippen LogP contribution is 2.27. The molecule has 8 nitrogen and oxygen atoms in total. The molecule has 0 aliphatic carbocycles. The molecule has 0 bridgehead atoms. The molecule has 2 aromatic heterocycles. The number of aromatic nitrogens is 6. The molecule has 0 amide bonds. The van der Waals surface area contributed by atoms with Crippen molar-refractivity contribution >= 4 is 23.2 Å². The van der Waals surface area contributed by atoms with Crippen molar-refractivity contribution in [1.82, 2.24) is 29.1 Å². The molecule has 0 saturated carbocycles. The molecular formula is C24H23Cl2F3N6O2. The first-order valence-electron chi connectivity index (χ1n) is 11.3. The van der Waals surface area contributed by atoms with E-state index in [-0.39, 0.29) is 29.9 Å². The molecule has 1 unspecified atom stereocenters. The van der Waals surface area contributed by atoms with Crippen molar-refractivity contribution in [2.24, 2.45) is 5.92 Å². The molecule has 0 aliphatic rings. The lowest BCUT2D eigenvalue weighted by molar-refractivity contribution is -0.136. The van der Waals surface area contributed by atoms with Gasteiger partial charge in [0.05, 0.1) is 17.1 Å². The Hall–Kier alpha value is -3.15. The first kappa shape index (κ1) is 26.9. The minimum atomic E-state index is -4.46. The summed E-state index contributed by atoms with van der Waals surface area (Å²) >= 11 is 12.3. The molecule has 0 aliphatic heterocycles. The van der Waals surface area contributed by atoms with Gasteiger partial charge in [-0.2, -0.15) is 13.2 Å². The maximum absolute atomic E-state index is 13.1. The second-order valence-electron chi connectivity index (χ2n) is 8.73. The lowest BCUT2D eigenvalue weighted by Crippen LogP contribution is -2.27. The van der Waals surface area contributed by atoms with Crippen LogP contribution in [0.2, 0.25) is 10.0 Å². The van der Waals surface area contributed by atoms with Gasteiger partial charge in [0.15, 0.2) is 17.5 Å². The van der Waals surface area contributed by atoms with E-state index in [1.807, 2.05) is 0 Å². The lowest BCUT2D eigenvalue weighted by atomic mass is 10.1. The fourth-order valence-electron chi connectivity index (χ4n) is 3.66. The standard InChI is InChI=1S/C24H23Cl2F3N6O2/c1-14(2)20(36)22-30-19(31-35(22)18-6-4-3-5-17(18)26)13-34-23(37)33(12-11-24(27,28)29)21(32-34)15-7-9-16(25)10-8-15/h3-10,14,20,36H,11-13H2,1-2H3. The Balaban J connectivity index is 1.78. The second-order valence-corrected chi connectivity index (χ2v) is 9.57. The third-order valence-corrected chi connectivity index (χ3v) is 6.16. The molecular weight excluding hydrogens is 532 g/mol. The van der Waals surface area contributed by atoms with Crippen molar-refractivity contribution in [3.63, 3.8) is 0 Å². The monoisotopic (exact) mass is 554 g/mol. The molecule has 2 aromatic carbocycles. The number of rotatable bonds is 8. The van der Waals surface area contributed by atoms with Gasteiger partial charge in [0.2, 0.25) is 0 Å². The van der Waals surface area contributed by atoms with E-state index in [1.54, 1.807) is 62.4 Å². The summed E-state index contributed by atoms with van der Waals surface area (Å²) in [7, 11) is 0. The normalized spacial score (nSPS) is 12.9. The van der Waals surface area contributed by atoms with Crippen LogP contribution in [0.1, 0.15) is 38.0 Å². The molecule has 1 atom stereocenters. The average molecular weight is 555 g/mol. The fourth-order valence-corrected chi connectivity index (χ4v) is 4.00. The maximum Gasteiger partial charge on any atom is 0.390 e. The number of para-hydroxylation sites is 1. The van der Waals surface area contributed by atoms with Crippen LogP contribution >= 0.6 is 23.2 Å². The molecule has 0 fully saturated rings. The van der Waals surface area contributed by atoms with Gasteiger partial charge in [-0.3, -0.25) is 4.57 Å². The number of hydrogen-bond donors (Lipinski definition) is 1. The first-order valence-corrected chi connectivity index (χ1v) is 12.1. The highest BCUT2D eigenvalue weighted by molar-refractivity contribution is 6.32. The Morgan fingerprint density at radius 3 is 2.32 bits per heavy atom. The van der Waals surface area contributed by atoms with Gasteiger partial charge in [0.1, 0.15) is 12.6 Å². The van der Waals surface area contributed by atoms with Crippen LogP contribution in [-0.4, -0.2) is 40.4 Å². The zero-order valence-corrected chi connectivity index (χ0v) is 21.3. The zero-order chi connectivity index (χ0) is 26.9. The zero-order valence-electron chi connectivity index (χ0n) is 19.8. The van der Waals surface area contributed by atoms with Crippen LogP contribution in [0.3, 0.4) is 0 Å². The van der Waals surface area contributed by atoms with Crippen LogP contribution in [0.4, 0.5) is 13.2 Å². The van der Waals surface area contributed by atoms with Gasteiger partial charge in [-0.05, 0) is 42.3 Å². The van der Waals surface area contributed by atoms with Gasteiger partial charge in [0, 0.05) is 17.1 Å². The van der Waals surface area contributed by atoms with Gasteiger partial charge < -0.3 is 5.11 Å². The Kier molecular flexibility index (Phi) is 7.77. The highest BCUT2D eigenvalue weighted by atomic mass is 35.5. The van der Waals surface area contributed by atoms with Crippen LogP contribution in [0.5, 0.6) is 0 Å². The van der Waals surface area contributed by atoms with Gasteiger partial charge >= 0.3 is 11.9 Å². The summed E-state index contributed by atoms with van der Waals surface area (Å²) in [5, 5.41) is 20.3. The van der Waals surface area contributed by atoms with Crippen LogP contribution in [0, 0.1) is 5.92 Å². The summed E-state index contributed by atoms with van der Waals surface area (Å²) in [6, 6.07) is 13.1. The molecule has 1 N–H and O–H groups in total. The SMILES string of the molecule is CC(C)C(O)c1nc(Cn2nc(-c3ccc(Cl)cc3)n(CCC(F)(F)F)c2=O)nn1-c1ccccc1Cl. The minimum absolute atomic E-state index is 0.0545. The fraction of sp³-hybridized carbons (Fsp3) is 0.333. The Labute approximate surface area is 219 Å². The number of halogens is 5. The van der Waals surface area contributed by atoms with E-state index in [1.165, 1.54) is 4.68 Å². The van der Waals surface area contributed by atoms with E-state index in [0.717, 1.165) is 9.25 Å². The summed E-state index contributed by atoms with van der Waals surface area (Å²) in [5.41, 5.74) is 0.143. The van der Waals surface area contributed by atoms with E-state index in [0.29, 0.717) is 21.3 Å². The Morgan fingerprint density at radius 2 is 1.70 bits per heavy atom. The topological polar surface area (TPSA) is 90.8 Å². The first-order chi connectivity index (χ1) is 17.4. The average Bonchev–Trinajstić information content (AvgIpc) is 3.38. The van der Waals surface area contributed by atoms with E-state index < -0.39 is 30.9 Å². The van der Waals surface area contributed by atoms with E-state index in [2.05, 4.69) is 15.2 Å². The molecule has 0 radical (unpaired) electrons. The van der Waals surface area contributed by atoms with Gasteiger partial charge in [-0.25, -0.2) is 19.1 Å². The van der Waals surface area contributed by atoms with E-state index >= 15 is 0 Å². The van der Waals surface area contributed by atoms with Crippen LogP contribution in [0.25, 0.3) is 17.1 Å². The van der Waals surface area contributed by atoms with Crippen LogP contribution in [-0.2, 0) is 13.1 Å². The molecule has 4 rings (SSSR count). The molecule has 13 heteroatoms. The maximum atomic E-state index is 13.1. The number of alkyl halides is 3. The van der Waals surface area contributed by atoms with Crippen molar-refractivity contribution in [1.29, 1.82) is 0 Å². The summed E-state index contributed by atoms with van der Waals surface area (Å²) in [6.07, 6.45) is -6.66. The van der Waals surface area contributed by atoms with Crippen molar-refractivity contribution in [3.05, 3.63) is 80.7 Å². The smallest absolute Gasteiger partial charge is 0.385 e. The lowest BCUT2D eigenvalue weighted by Gasteiger charge is -2.15. The van der Waals surface area contributed by atoms with E-state index in [9.17, 15) is 23.1 Å². The largest absolute Gasteiger partial charge is 0.390 e. The van der Waals surface area contributed by atoms with Gasteiger partial charge in [-0.15, -0.1) is 10.2 Å². The van der Waals surface area contributed by atoms with Crippen molar-refractivity contribution in [3.8, 4) is 17.1 Å². The second kappa shape index (κ2) is 10.7. The van der Waals surface area contributed by atoms with Crippen molar-refractivity contribution in [2.45, 2.75) is 45.6 Å². The molecule has 4 aromatic rings. The Bertz CT molecular complexity index is 1440. The number of aliphatic hydroxyl groups is 1. The minimum Gasteiger partial charge on any atom is -0.385 e. The predicted octanol–water partition coefficient (Wildman–Crippen LogP) is 5.29.